The Labute approximate surface area is 150 Å². The second kappa shape index (κ2) is 9.13. The fourth-order valence-corrected chi connectivity index (χ4v) is 2.13. The second-order valence-corrected chi connectivity index (χ2v) is 7.24. The average Bonchev–Trinajstić information content (AvgIpc) is 2.44. The normalized spacial score (nSPS) is 12.4. The first-order chi connectivity index (χ1) is 10.7. The van der Waals surface area contributed by atoms with E-state index in [2.05, 4.69) is 26.6 Å². The molecule has 1 rings (SSSR count). The third-order valence-electron chi connectivity index (χ3n) is 2.75. The van der Waals surface area contributed by atoms with Crippen molar-refractivity contribution in [2.45, 2.75) is 38.8 Å². The number of carbonyl (C=O) groups is 2. The summed E-state index contributed by atoms with van der Waals surface area (Å²) in [6, 6.07) is 6.42. The Hall–Kier alpha value is -1.27. The highest BCUT2D eigenvalue weighted by molar-refractivity contribution is 9.09. The quantitative estimate of drug-likeness (QED) is 0.714. The molecule has 2 N–H and O–H groups in total. The van der Waals surface area contributed by atoms with Crippen LogP contribution in [0.2, 0.25) is 5.02 Å². The molecule has 5 nitrogen and oxygen atoms in total. The molecule has 0 aliphatic carbocycles. The molecule has 1 atom stereocenters. The molecule has 0 aromatic heterocycles. The highest BCUT2D eigenvalue weighted by Gasteiger charge is 2.24. The van der Waals surface area contributed by atoms with Crippen molar-refractivity contribution in [2.75, 3.05) is 11.9 Å². The molecule has 1 aromatic rings. The number of nitrogens with one attached hydrogen (secondary N) is 2. The van der Waals surface area contributed by atoms with E-state index < -0.39 is 17.7 Å². The Morgan fingerprint density at radius 2 is 1.87 bits per heavy atom. The van der Waals surface area contributed by atoms with E-state index in [1.165, 1.54) is 0 Å². The largest absolute Gasteiger partial charge is 0.444 e. The summed E-state index contributed by atoms with van der Waals surface area (Å²) < 4.78 is 5.22. The summed E-state index contributed by atoms with van der Waals surface area (Å²) in [5.41, 5.74) is 0.269. The fraction of sp³-hybridized carbons (Fsp3) is 0.500. The maximum absolute atomic E-state index is 12.2. The minimum atomic E-state index is -0.718. The number of alkyl halides is 1. The van der Waals surface area contributed by atoms with E-state index in [-0.39, 0.29) is 5.91 Å². The smallest absolute Gasteiger partial charge is 0.408 e. The molecule has 0 bridgehead atoms. The third-order valence-corrected chi connectivity index (χ3v) is 3.40. The number of hydrogen-bond acceptors (Lipinski definition) is 3. The zero-order chi connectivity index (χ0) is 17.5. The van der Waals surface area contributed by atoms with Crippen LogP contribution in [0.5, 0.6) is 0 Å². The number of halogens is 2. The summed E-state index contributed by atoms with van der Waals surface area (Å²) in [5.74, 6) is -0.259. The van der Waals surface area contributed by atoms with Gasteiger partial charge in [0.2, 0.25) is 5.91 Å². The molecule has 0 fully saturated rings. The zero-order valence-corrected chi connectivity index (χ0v) is 15.8. The molecular weight excluding hydrogens is 384 g/mol. The summed E-state index contributed by atoms with van der Waals surface area (Å²) in [6.07, 6.45) is -0.268. The predicted octanol–water partition coefficient (Wildman–Crippen LogP) is 3.29. The molecule has 0 heterocycles. The lowest BCUT2D eigenvalue weighted by molar-refractivity contribution is -0.123. The number of hydrogen-bond donors (Lipinski definition) is 2. The Morgan fingerprint density at radius 1 is 1.26 bits per heavy atom. The highest BCUT2D eigenvalue weighted by Crippen LogP contribution is 2.12. The first-order valence-corrected chi connectivity index (χ1v) is 8.79. The van der Waals surface area contributed by atoms with Gasteiger partial charge in [-0.3, -0.25) is 4.79 Å². The van der Waals surface area contributed by atoms with Gasteiger partial charge in [0.05, 0.1) is 0 Å². The predicted molar refractivity (Wildman–Crippen MR) is 95.1 cm³/mol. The van der Waals surface area contributed by atoms with Crippen molar-refractivity contribution in [3.63, 3.8) is 0 Å². The molecule has 0 saturated carbocycles. The van der Waals surface area contributed by atoms with E-state index in [9.17, 15) is 9.59 Å². The van der Waals surface area contributed by atoms with Gasteiger partial charge >= 0.3 is 6.09 Å². The van der Waals surface area contributed by atoms with Crippen LogP contribution in [-0.2, 0) is 16.0 Å². The van der Waals surface area contributed by atoms with Crippen molar-refractivity contribution in [3.8, 4) is 0 Å². The molecule has 0 aliphatic heterocycles. The fourth-order valence-electron chi connectivity index (χ4n) is 1.81. The van der Waals surface area contributed by atoms with Crippen LogP contribution < -0.4 is 10.6 Å². The van der Waals surface area contributed by atoms with Crippen LogP contribution in [0.15, 0.2) is 24.3 Å². The Bertz CT molecular complexity index is 529. The van der Waals surface area contributed by atoms with Crippen LogP contribution >= 0.6 is 27.5 Å². The SMILES string of the molecule is CC(C)(C)OC(=O)N[C@@H](Cc1ccc(Cl)cc1)C(=O)NCCBr. The lowest BCUT2D eigenvalue weighted by Crippen LogP contribution is -2.49. The van der Waals surface area contributed by atoms with Crippen molar-refractivity contribution in [1.29, 1.82) is 0 Å². The maximum atomic E-state index is 12.2. The van der Waals surface area contributed by atoms with Crippen LogP contribution in [0.4, 0.5) is 4.79 Å². The Balaban J connectivity index is 2.77. The molecular formula is C16H22BrClN2O3. The number of amides is 2. The molecule has 23 heavy (non-hydrogen) atoms. The number of carbonyl (C=O) groups excluding carboxylic acids is 2. The number of alkyl carbamates (subject to hydrolysis) is 1. The summed E-state index contributed by atoms with van der Waals surface area (Å²) in [5, 5.41) is 6.63. The first-order valence-electron chi connectivity index (χ1n) is 7.29. The minimum absolute atomic E-state index is 0.259. The Kier molecular flexibility index (Phi) is 7.85. The van der Waals surface area contributed by atoms with E-state index >= 15 is 0 Å². The van der Waals surface area contributed by atoms with Crippen molar-refractivity contribution in [2.24, 2.45) is 0 Å². The summed E-state index contributed by atoms with van der Waals surface area (Å²) in [7, 11) is 0. The van der Waals surface area contributed by atoms with Gasteiger partial charge in [0, 0.05) is 23.3 Å². The van der Waals surface area contributed by atoms with Crippen LogP contribution in [0.25, 0.3) is 0 Å². The zero-order valence-electron chi connectivity index (χ0n) is 13.5. The van der Waals surface area contributed by atoms with Crippen molar-refractivity contribution in [1.82, 2.24) is 10.6 Å². The maximum Gasteiger partial charge on any atom is 0.408 e. The monoisotopic (exact) mass is 404 g/mol. The third kappa shape index (κ3) is 8.23. The van der Waals surface area contributed by atoms with Crippen LogP contribution in [-0.4, -0.2) is 35.5 Å². The van der Waals surface area contributed by atoms with Crippen molar-refractivity contribution < 1.29 is 14.3 Å². The second-order valence-electron chi connectivity index (χ2n) is 6.01. The molecule has 7 heteroatoms. The van der Waals surface area contributed by atoms with Crippen LogP contribution in [0.3, 0.4) is 0 Å². The van der Waals surface area contributed by atoms with Gasteiger partial charge in [-0.1, -0.05) is 39.7 Å². The van der Waals surface area contributed by atoms with Crippen molar-refractivity contribution >= 4 is 39.5 Å². The molecule has 0 aliphatic rings. The van der Waals surface area contributed by atoms with Crippen LogP contribution in [0.1, 0.15) is 26.3 Å². The van der Waals surface area contributed by atoms with Gasteiger partial charge in [-0.2, -0.15) is 0 Å². The highest BCUT2D eigenvalue weighted by atomic mass is 79.9. The lowest BCUT2D eigenvalue weighted by Gasteiger charge is -2.23. The van der Waals surface area contributed by atoms with Crippen molar-refractivity contribution in [3.05, 3.63) is 34.9 Å². The van der Waals surface area contributed by atoms with E-state index in [0.29, 0.717) is 23.3 Å². The summed E-state index contributed by atoms with van der Waals surface area (Å²) in [6.45, 7) is 5.79. The average molecular weight is 406 g/mol. The lowest BCUT2D eigenvalue weighted by atomic mass is 10.1. The minimum Gasteiger partial charge on any atom is -0.444 e. The molecule has 2 amide bonds. The number of benzene rings is 1. The molecule has 128 valence electrons. The van der Waals surface area contributed by atoms with E-state index in [1.54, 1.807) is 32.9 Å². The van der Waals surface area contributed by atoms with E-state index in [0.717, 1.165) is 5.56 Å². The molecule has 0 unspecified atom stereocenters. The molecule has 0 radical (unpaired) electrons. The standard InChI is InChI=1S/C16H22BrClN2O3/c1-16(2,3)23-15(22)20-13(14(21)19-9-8-17)10-11-4-6-12(18)7-5-11/h4-7,13H,8-10H2,1-3H3,(H,19,21)(H,20,22)/t13-/m0/s1. The van der Waals surface area contributed by atoms with E-state index in [1.807, 2.05) is 12.1 Å². The molecule has 0 saturated heterocycles. The molecule has 0 spiro atoms. The van der Waals surface area contributed by atoms with E-state index in [4.69, 9.17) is 16.3 Å². The summed E-state index contributed by atoms with van der Waals surface area (Å²) >= 11 is 9.11. The topological polar surface area (TPSA) is 67.4 Å². The molecule has 1 aromatic carbocycles. The number of rotatable bonds is 6. The van der Waals surface area contributed by atoms with Gasteiger partial charge in [-0.15, -0.1) is 0 Å². The first kappa shape index (κ1) is 19.8. The van der Waals surface area contributed by atoms with Gasteiger partial charge in [0.15, 0.2) is 0 Å². The number of ether oxygens (including phenoxy) is 1. The van der Waals surface area contributed by atoms with Gasteiger partial charge in [-0.25, -0.2) is 4.79 Å². The Morgan fingerprint density at radius 3 is 2.39 bits per heavy atom. The van der Waals surface area contributed by atoms with Crippen LogP contribution in [0, 0.1) is 0 Å². The van der Waals surface area contributed by atoms with Gasteiger partial charge in [0.25, 0.3) is 0 Å². The van der Waals surface area contributed by atoms with Gasteiger partial charge in [0.1, 0.15) is 11.6 Å². The summed E-state index contributed by atoms with van der Waals surface area (Å²) in [4.78, 5) is 24.2. The van der Waals surface area contributed by atoms with Gasteiger partial charge in [-0.05, 0) is 38.5 Å². The van der Waals surface area contributed by atoms with Gasteiger partial charge < -0.3 is 15.4 Å².